The molecule has 1 aromatic rings. The van der Waals surface area contributed by atoms with Crippen molar-refractivity contribution < 1.29 is 23.8 Å². The number of piperidine rings is 1. The number of rotatable bonds is 2. The fourth-order valence-electron chi connectivity index (χ4n) is 2.49. The van der Waals surface area contributed by atoms with Crippen LogP contribution in [0.3, 0.4) is 0 Å². The van der Waals surface area contributed by atoms with Crippen LogP contribution in [0.2, 0.25) is 0 Å². The molecule has 1 aliphatic rings. The summed E-state index contributed by atoms with van der Waals surface area (Å²) in [6, 6.07) is 3.57. The lowest BCUT2D eigenvalue weighted by atomic mass is 9.73. The number of carbonyl (C=O) groups is 1. The van der Waals surface area contributed by atoms with E-state index in [9.17, 15) is 18.7 Å². The molecule has 0 aromatic heterocycles. The van der Waals surface area contributed by atoms with Gasteiger partial charge in [0, 0.05) is 18.5 Å². The van der Waals surface area contributed by atoms with Crippen molar-refractivity contribution in [2.75, 3.05) is 19.7 Å². The zero-order chi connectivity index (χ0) is 14.0. The summed E-state index contributed by atoms with van der Waals surface area (Å²) in [5.41, 5.74) is -0.181. The number of hydrogen-bond donors (Lipinski definition) is 2. The first kappa shape index (κ1) is 13.7. The summed E-state index contributed by atoms with van der Waals surface area (Å²) in [6.07, 6.45) is -0.223. The van der Waals surface area contributed by atoms with Crippen LogP contribution in [0.4, 0.5) is 13.6 Å². The molecule has 0 radical (unpaired) electrons. The maximum atomic E-state index is 13.3. The van der Waals surface area contributed by atoms with Gasteiger partial charge in [0.2, 0.25) is 0 Å². The molecule has 1 aromatic carbocycles. The molecule has 2 N–H and O–H groups in total. The highest BCUT2D eigenvalue weighted by atomic mass is 19.2. The van der Waals surface area contributed by atoms with Gasteiger partial charge in [-0.15, -0.1) is 0 Å². The number of aliphatic hydroxyl groups is 1. The summed E-state index contributed by atoms with van der Waals surface area (Å²) in [5, 5.41) is 18.5. The Labute approximate surface area is 109 Å². The maximum absolute atomic E-state index is 13.3. The molecule has 1 amide bonds. The zero-order valence-corrected chi connectivity index (χ0v) is 10.3. The van der Waals surface area contributed by atoms with Crippen molar-refractivity contribution in [3.63, 3.8) is 0 Å². The Bertz CT molecular complexity index is 485. The molecule has 1 aliphatic heterocycles. The van der Waals surface area contributed by atoms with Gasteiger partial charge in [0.1, 0.15) is 0 Å². The average molecular weight is 271 g/mol. The predicted molar refractivity (Wildman–Crippen MR) is 64.0 cm³/mol. The van der Waals surface area contributed by atoms with Crippen LogP contribution in [0.5, 0.6) is 0 Å². The Morgan fingerprint density at radius 2 is 1.89 bits per heavy atom. The Kier molecular flexibility index (Phi) is 3.71. The summed E-state index contributed by atoms with van der Waals surface area (Å²) < 4.78 is 26.2. The number of nitrogens with zero attached hydrogens (tertiary/aromatic N) is 1. The van der Waals surface area contributed by atoms with Gasteiger partial charge < -0.3 is 15.1 Å². The molecule has 1 saturated heterocycles. The molecule has 4 nitrogen and oxygen atoms in total. The number of benzene rings is 1. The number of hydrogen-bond acceptors (Lipinski definition) is 2. The summed E-state index contributed by atoms with van der Waals surface area (Å²) in [6.45, 7) is 0.329. The number of aliphatic hydroxyl groups excluding tert-OH is 1. The number of amides is 1. The molecule has 1 heterocycles. The summed E-state index contributed by atoms with van der Waals surface area (Å²) >= 11 is 0. The van der Waals surface area contributed by atoms with Gasteiger partial charge in [-0.05, 0) is 30.5 Å². The molecule has 0 aliphatic carbocycles. The largest absolute Gasteiger partial charge is 0.465 e. The van der Waals surface area contributed by atoms with E-state index >= 15 is 0 Å². The quantitative estimate of drug-likeness (QED) is 0.864. The lowest BCUT2D eigenvalue weighted by molar-refractivity contribution is 0.0892. The lowest BCUT2D eigenvalue weighted by Gasteiger charge is -2.40. The second-order valence-corrected chi connectivity index (χ2v) is 4.84. The van der Waals surface area contributed by atoms with Gasteiger partial charge in [0.05, 0.1) is 6.61 Å². The first-order valence-corrected chi connectivity index (χ1v) is 6.03. The van der Waals surface area contributed by atoms with Gasteiger partial charge in [-0.1, -0.05) is 6.07 Å². The third-order valence-electron chi connectivity index (χ3n) is 3.83. The van der Waals surface area contributed by atoms with Crippen molar-refractivity contribution in [3.8, 4) is 0 Å². The Morgan fingerprint density at radius 1 is 1.26 bits per heavy atom. The molecule has 1 fully saturated rings. The Morgan fingerprint density at radius 3 is 2.37 bits per heavy atom. The fourth-order valence-corrected chi connectivity index (χ4v) is 2.49. The minimum atomic E-state index is -1.00. The Balaban J connectivity index is 2.24. The van der Waals surface area contributed by atoms with Crippen LogP contribution in [0.25, 0.3) is 0 Å². The van der Waals surface area contributed by atoms with Gasteiger partial charge in [0.15, 0.2) is 11.6 Å². The van der Waals surface area contributed by atoms with E-state index < -0.39 is 23.1 Å². The predicted octanol–water partition coefficient (Wildman–Crippen LogP) is 1.97. The maximum Gasteiger partial charge on any atom is 0.407 e. The van der Waals surface area contributed by atoms with Crippen LogP contribution in [0.15, 0.2) is 18.2 Å². The van der Waals surface area contributed by atoms with Crippen molar-refractivity contribution in [2.24, 2.45) is 0 Å². The van der Waals surface area contributed by atoms with Crippen molar-refractivity contribution in [1.82, 2.24) is 4.90 Å². The molecular formula is C13H15F2NO3. The monoisotopic (exact) mass is 271 g/mol. The molecule has 0 atom stereocenters. The molecule has 0 bridgehead atoms. The van der Waals surface area contributed by atoms with Crippen LogP contribution < -0.4 is 0 Å². The third kappa shape index (κ3) is 2.53. The molecule has 0 unspecified atom stereocenters. The normalized spacial score (nSPS) is 18.4. The van der Waals surface area contributed by atoms with E-state index in [1.165, 1.54) is 11.0 Å². The first-order valence-electron chi connectivity index (χ1n) is 6.03. The Hall–Kier alpha value is -1.69. The molecule has 104 valence electrons. The van der Waals surface area contributed by atoms with Crippen molar-refractivity contribution >= 4 is 6.09 Å². The van der Waals surface area contributed by atoms with Crippen LogP contribution in [-0.2, 0) is 5.41 Å². The standard InChI is InChI=1S/C13H15F2NO3/c14-10-2-1-9(7-11(10)15)13(8-17)3-5-16(6-4-13)12(18)19/h1-2,7,17H,3-6,8H2,(H,18,19). The highest BCUT2D eigenvalue weighted by molar-refractivity contribution is 5.65. The van der Waals surface area contributed by atoms with E-state index in [2.05, 4.69) is 0 Å². The molecule has 19 heavy (non-hydrogen) atoms. The van der Waals surface area contributed by atoms with Crippen LogP contribution >= 0.6 is 0 Å². The smallest absolute Gasteiger partial charge is 0.407 e. The van der Waals surface area contributed by atoms with E-state index in [1.54, 1.807) is 0 Å². The SMILES string of the molecule is O=C(O)N1CCC(CO)(c2ccc(F)c(F)c2)CC1. The van der Waals surface area contributed by atoms with Gasteiger partial charge in [-0.25, -0.2) is 13.6 Å². The molecular weight excluding hydrogens is 256 g/mol. The second-order valence-electron chi connectivity index (χ2n) is 4.84. The minimum Gasteiger partial charge on any atom is -0.465 e. The highest BCUT2D eigenvalue weighted by Gasteiger charge is 2.37. The first-order chi connectivity index (χ1) is 8.98. The van der Waals surface area contributed by atoms with Crippen LogP contribution in [-0.4, -0.2) is 40.9 Å². The van der Waals surface area contributed by atoms with Crippen molar-refractivity contribution in [2.45, 2.75) is 18.3 Å². The molecule has 0 spiro atoms. The third-order valence-corrected chi connectivity index (χ3v) is 3.83. The molecule has 0 saturated carbocycles. The minimum absolute atomic E-state index is 0.217. The van der Waals surface area contributed by atoms with Gasteiger partial charge in [-0.2, -0.15) is 0 Å². The van der Waals surface area contributed by atoms with Gasteiger partial charge in [-0.3, -0.25) is 0 Å². The van der Waals surface area contributed by atoms with E-state index in [1.807, 2.05) is 0 Å². The van der Waals surface area contributed by atoms with E-state index in [0.29, 0.717) is 18.4 Å². The van der Waals surface area contributed by atoms with E-state index in [-0.39, 0.29) is 19.7 Å². The summed E-state index contributed by atoms with van der Waals surface area (Å²) in [4.78, 5) is 12.1. The topological polar surface area (TPSA) is 60.8 Å². The van der Waals surface area contributed by atoms with Crippen molar-refractivity contribution in [1.29, 1.82) is 0 Å². The summed E-state index contributed by atoms with van der Waals surface area (Å²) in [7, 11) is 0. The second kappa shape index (κ2) is 5.13. The molecule has 6 heteroatoms. The number of halogens is 2. The number of likely N-dealkylation sites (tertiary alicyclic amines) is 1. The van der Waals surface area contributed by atoms with Crippen molar-refractivity contribution in [3.05, 3.63) is 35.4 Å². The highest BCUT2D eigenvalue weighted by Crippen LogP contribution is 2.35. The molecule has 2 rings (SSSR count). The van der Waals surface area contributed by atoms with E-state index in [0.717, 1.165) is 12.1 Å². The lowest BCUT2D eigenvalue weighted by Crippen LogP contribution is -2.46. The average Bonchev–Trinajstić information content (AvgIpc) is 2.42. The fraction of sp³-hybridized carbons (Fsp3) is 0.462. The van der Waals surface area contributed by atoms with Gasteiger partial charge in [0.25, 0.3) is 0 Å². The van der Waals surface area contributed by atoms with Crippen LogP contribution in [0.1, 0.15) is 18.4 Å². The summed E-state index contributed by atoms with van der Waals surface area (Å²) in [5.74, 6) is -1.88. The van der Waals surface area contributed by atoms with Crippen LogP contribution in [0, 0.1) is 11.6 Å². The zero-order valence-electron chi connectivity index (χ0n) is 10.3. The van der Waals surface area contributed by atoms with E-state index in [4.69, 9.17) is 5.11 Å². The number of carboxylic acid groups (broad SMARTS) is 1. The van der Waals surface area contributed by atoms with Gasteiger partial charge >= 0.3 is 6.09 Å².